The number of likely N-dealkylation sites (N-methyl/N-ethyl adjacent to an activating group) is 1. The van der Waals surface area contributed by atoms with E-state index in [-0.39, 0.29) is 0 Å². The van der Waals surface area contributed by atoms with Crippen LogP contribution in [-0.2, 0) is 0 Å². The minimum Gasteiger partial charge on any atom is -0.372 e. The standard InChI is InChI=1S/C14H19N3/c1-17(9-8-15-11-6-7-11)14-10-16-13-5-3-2-4-12(13)14/h2-5,10-11,15-16H,6-9H2,1H3. The molecule has 1 aliphatic carbocycles. The molecule has 0 atom stereocenters. The van der Waals surface area contributed by atoms with Crippen molar-refractivity contribution in [2.45, 2.75) is 18.9 Å². The van der Waals surface area contributed by atoms with E-state index in [0.29, 0.717) is 0 Å². The van der Waals surface area contributed by atoms with Gasteiger partial charge in [0.05, 0.1) is 5.69 Å². The van der Waals surface area contributed by atoms with Gasteiger partial charge >= 0.3 is 0 Å². The van der Waals surface area contributed by atoms with E-state index in [2.05, 4.69) is 52.7 Å². The number of hydrogen-bond donors (Lipinski definition) is 2. The first-order valence-corrected chi connectivity index (χ1v) is 6.35. The highest BCUT2D eigenvalue weighted by molar-refractivity contribution is 5.92. The quantitative estimate of drug-likeness (QED) is 0.824. The number of nitrogens with zero attached hydrogens (tertiary/aromatic N) is 1. The van der Waals surface area contributed by atoms with Crippen molar-refractivity contribution in [2.24, 2.45) is 0 Å². The third-order valence-corrected chi connectivity index (χ3v) is 3.44. The zero-order chi connectivity index (χ0) is 11.7. The number of benzene rings is 1. The average Bonchev–Trinajstić information content (AvgIpc) is 3.07. The Bertz CT molecular complexity index is 499. The Hall–Kier alpha value is -1.48. The number of aromatic nitrogens is 1. The lowest BCUT2D eigenvalue weighted by Crippen LogP contribution is -2.30. The summed E-state index contributed by atoms with van der Waals surface area (Å²) in [5.74, 6) is 0. The Morgan fingerprint density at radius 2 is 2.18 bits per heavy atom. The molecular weight excluding hydrogens is 210 g/mol. The molecule has 0 amide bonds. The van der Waals surface area contributed by atoms with E-state index in [1.807, 2.05) is 0 Å². The van der Waals surface area contributed by atoms with Crippen molar-refractivity contribution in [2.75, 3.05) is 25.0 Å². The van der Waals surface area contributed by atoms with Crippen LogP contribution in [0.5, 0.6) is 0 Å². The molecule has 90 valence electrons. The molecule has 1 aromatic heterocycles. The van der Waals surface area contributed by atoms with Gasteiger partial charge in [-0.2, -0.15) is 0 Å². The first-order valence-electron chi connectivity index (χ1n) is 6.35. The maximum absolute atomic E-state index is 3.55. The Morgan fingerprint density at radius 3 is 3.00 bits per heavy atom. The Kier molecular flexibility index (Phi) is 2.77. The summed E-state index contributed by atoms with van der Waals surface area (Å²) in [5.41, 5.74) is 2.50. The number of nitrogens with one attached hydrogen (secondary N) is 2. The predicted octanol–water partition coefficient (Wildman–Crippen LogP) is 2.36. The highest BCUT2D eigenvalue weighted by atomic mass is 15.1. The molecular formula is C14H19N3. The first-order chi connectivity index (χ1) is 8.34. The average molecular weight is 229 g/mol. The van der Waals surface area contributed by atoms with Crippen LogP contribution >= 0.6 is 0 Å². The van der Waals surface area contributed by atoms with Crippen LogP contribution in [0.2, 0.25) is 0 Å². The summed E-state index contributed by atoms with van der Waals surface area (Å²) in [6.45, 7) is 2.12. The van der Waals surface area contributed by atoms with Gasteiger partial charge in [0.2, 0.25) is 0 Å². The predicted molar refractivity (Wildman–Crippen MR) is 72.6 cm³/mol. The zero-order valence-corrected chi connectivity index (χ0v) is 10.2. The van der Waals surface area contributed by atoms with Crippen LogP contribution in [0.25, 0.3) is 10.9 Å². The number of para-hydroxylation sites is 1. The summed E-state index contributed by atoms with van der Waals surface area (Å²) < 4.78 is 0. The first kappa shape index (κ1) is 10.7. The molecule has 3 rings (SSSR count). The smallest absolute Gasteiger partial charge is 0.0621 e. The van der Waals surface area contributed by atoms with Gasteiger partial charge in [0, 0.05) is 43.3 Å². The molecule has 1 aromatic carbocycles. The second kappa shape index (κ2) is 4.41. The normalized spacial score (nSPS) is 15.4. The lowest BCUT2D eigenvalue weighted by molar-refractivity contribution is 0.676. The molecule has 2 aromatic rings. The fourth-order valence-corrected chi connectivity index (χ4v) is 2.22. The van der Waals surface area contributed by atoms with Crippen LogP contribution < -0.4 is 10.2 Å². The van der Waals surface area contributed by atoms with Gasteiger partial charge in [-0.15, -0.1) is 0 Å². The molecule has 1 heterocycles. The number of fused-ring (bicyclic) bond motifs is 1. The van der Waals surface area contributed by atoms with Crippen molar-refractivity contribution in [3.8, 4) is 0 Å². The van der Waals surface area contributed by atoms with Gasteiger partial charge in [0.1, 0.15) is 0 Å². The fraction of sp³-hybridized carbons (Fsp3) is 0.429. The summed E-state index contributed by atoms with van der Waals surface area (Å²) in [7, 11) is 2.16. The molecule has 17 heavy (non-hydrogen) atoms. The third kappa shape index (κ3) is 2.29. The van der Waals surface area contributed by atoms with Crippen molar-refractivity contribution < 1.29 is 0 Å². The minimum atomic E-state index is 0.798. The molecule has 0 radical (unpaired) electrons. The SMILES string of the molecule is CN(CCNC1CC1)c1c[nH]c2ccccc12. The topological polar surface area (TPSA) is 31.1 Å². The van der Waals surface area contributed by atoms with Crippen molar-refractivity contribution in [1.29, 1.82) is 0 Å². The molecule has 0 bridgehead atoms. The molecule has 3 nitrogen and oxygen atoms in total. The summed E-state index contributed by atoms with van der Waals surface area (Å²) in [4.78, 5) is 5.63. The maximum atomic E-state index is 3.55. The van der Waals surface area contributed by atoms with Crippen LogP contribution in [0, 0.1) is 0 Å². The van der Waals surface area contributed by atoms with Crippen LogP contribution in [0.15, 0.2) is 30.5 Å². The van der Waals surface area contributed by atoms with Crippen molar-refractivity contribution in [1.82, 2.24) is 10.3 Å². The monoisotopic (exact) mass is 229 g/mol. The molecule has 2 N–H and O–H groups in total. The fourth-order valence-electron chi connectivity index (χ4n) is 2.22. The number of anilines is 1. The maximum Gasteiger partial charge on any atom is 0.0621 e. The summed E-state index contributed by atoms with van der Waals surface area (Å²) in [6.07, 6.45) is 4.81. The van der Waals surface area contributed by atoms with Gasteiger partial charge in [-0.25, -0.2) is 0 Å². The van der Waals surface area contributed by atoms with Gasteiger partial charge in [0.15, 0.2) is 0 Å². The Morgan fingerprint density at radius 1 is 1.35 bits per heavy atom. The van der Waals surface area contributed by atoms with Crippen molar-refractivity contribution in [3.63, 3.8) is 0 Å². The van der Waals surface area contributed by atoms with E-state index in [0.717, 1.165) is 19.1 Å². The molecule has 0 aliphatic heterocycles. The number of H-pyrrole nitrogens is 1. The number of aromatic amines is 1. The van der Waals surface area contributed by atoms with Gasteiger partial charge in [0.25, 0.3) is 0 Å². The largest absolute Gasteiger partial charge is 0.372 e. The van der Waals surface area contributed by atoms with Gasteiger partial charge in [-0.1, -0.05) is 18.2 Å². The molecule has 0 spiro atoms. The van der Waals surface area contributed by atoms with Crippen molar-refractivity contribution in [3.05, 3.63) is 30.5 Å². The van der Waals surface area contributed by atoms with E-state index in [1.165, 1.54) is 29.4 Å². The van der Waals surface area contributed by atoms with Crippen LogP contribution in [-0.4, -0.2) is 31.2 Å². The summed E-state index contributed by atoms with van der Waals surface area (Å²) >= 11 is 0. The van der Waals surface area contributed by atoms with Crippen LogP contribution in [0.4, 0.5) is 5.69 Å². The van der Waals surface area contributed by atoms with Gasteiger partial charge in [-0.3, -0.25) is 0 Å². The minimum absolute atomic E-state index is 0.798. The Labute approximate surface area is 102 Å². The molecule has 0 saturated heterocycles. The summed E-state index contributed by atoms with van der Waals surface area (Å²) in [5, 5.41) is 4.85. The second-order valence-corrected chi connectivity index (χ2v) is 4.87. The van der Waals surface area contributed by atoms with Crippen LogP contribution in [0.3, 0.4) is 0 Å². The third-order valence-electron chi connectivity index (χ3n) is 3.44. The highest BCUT2D eigenvalue weighted by Crippen LogP contribution is 2.25. The molecule has 1 aliphatic rings. The van der Waals surface area contributed by atoms with E-state index in [1.54, 1.807) is 0 Å². The van der Waals surface area contributed by atoms with Crippen LogP contribution in [0.1, 0.15) is 12.8 Å². The van der Waals surface area contributed by atoms with Crippen molar-refractivity contribution >= 4 is 16.6 Å². The molecule has 3 heteroatoms. The van der Waals surface area contributed by atoms with E-state index in [4.69, 9.17) is 0 Å². The zero-order valence-electron chi connectivity index (χ0n) is 10.2. The van der Waals surface area contributed by atoms with Gasteiger partial charge < -0.3 is 15.2 Å². The lowest BCUT2D eigenvalue weighted by atomic mass is 10.2. The number of hydrogen-bond acceptors (Lipinski definition) is 2. The number of rotatable bonds is 5. The second-order valence-electron chi connectivity index (χ2n) is 4.87. The molecule has 1 saturated carbocycles. The van der Waals surface area contributed by atoms with E-state index >= 15 is 0 Å². The molecule has 1 fully saturated rings. The van der Waals surface area contributed by atoms with E-state index in [9.17, 15) is 0 Å². The lowest BCUT2D eigenvalue weighted by Gasteiger charge is -2.18. The summed E-state index contributed by atoms with van der Waals surface area (Å²) in [6, 6.07) is 9.25. The van der Waals surface area contributed by atoms with Gasteiger partial charge in [-0.05, 0) is 18.9 Å². The Balaban J connectivity index is 1.68. The molecule has 0 unspecified atom stereocenters. The van der Waals surface area contributed by atoms with E-state index < -0.39 is 0 Å². The highest BCUT2D eigenvalue weighted by Gasteiger charge is 2.19.